The molecule has 0 radical (unpaired) electrons. The molecule has 1 heterocycles. The van der Waals surface area contributed by atoms with Crippen molar-refractivity contribution < 1.29 is 14.3 Å². The third kappa shape index (κ3) is 5.45. The number of nitrogens with one attached hydrogen (secondary N) is 1. The zero-order valence-corrected chi connectivity index (χ0v) is 21.2. The Kier molecular flexibility index (Phi) is 7.63. The molecule has 1 aromatic heterocycles. The molecule has 4 aromatic rings. The molecular weight excluding hydrogens is 485 g/mol. The Hall–Kier alpha value is -3.48. The molecule has 0 atom stereocenters. The third-order valence-electron chi connectivity index (χ3n) is 5.80. The average Bonchev–Trinajstić information content (AvgIpc) is 3.12. The van der Waals surface area contributed by atoms with Gasteiger partial charge in [0.1, 0.15) is 0 Å². The molecule has 0 saturated carbocycles. The average molecular weight is 510 g/mol. The summed E-state index contributed by atoms with van der Waals surface area (Å²) >= 11 is 12.3. The summed E-state index contributed by atoms with van der Waals surface area (Å²) < 4.78 is 12.7. The number of aromatic nitrogens is 1. The molecule has 8 heteroatoms. The van der Waals surface area contributed by atoms with Crippen molar-refractivity contribution in [3.8, 4) is 11.5 Å². The van der Waals surface area contributed by atoms with E-state index in [-0.39, 0.29) is 12.3 Å². The number of carbonyl (C=O) groups excluding carboxylic acids is 1. The highest BCUT2D eigenvalue weighted by Crippen LogP contribution is 2.29. The molecule has 0 aliphatic rings. The molecule has 0 spiro atoms. The number of amides is 1. The first-order valence-corrected chi connectivity index (χ1v) is 11.7. The van der Waals surface area contributed by atoms with E-state index in [9.17, 15) is 4.79 Å². The molecule has 0 bridgehead atoms. The topological polar surface area (TPSA) is 64.8 Å². The van der Waals surface area contributed by atoms with Crippen LogP contribution in [-0.4, -0.2) is 30.9 Å². The van der Waals surface area contributed by atoms with E-state index in [1.165, 1.54) is 0 Å². The predicted molar refractivity (Wildman–Crippen MR) is 141 cm³/mol. The maximum absolute atomic E-state index is 12.5. The Bertz CT molecular complexity index is 1410. The van der Waals surface area contributed by atoms with Gasteiger partial charge in [-0.2, -0.15) is 5.10 Å². The van der Waals surface area contributed by atoms with E-state index in [4.69, 9.17) is 32.7 Å². The van der Waals surface area contributed by atoms with Crippen LogP contribution in [0.2, 0.25) is 10.0 Å². The minimum absolute atomic E-state index is 0.162. The van der Waals surface area contributed by atoms with Crippen LogP contribution in [0.25, 0.3) is 10.9 Å². The number of hydrogen-bond acceptors (Lipinski definition) is 4. The maximum Gasteiger partial charge on any atom is 0.244 e. The number of hydrazone groups is 1. The Morgan fingerprint density at radius 2 is 1.71 bits per heavy atom. The van der Waals surface area contributed by atoms with E-state index in [0.29, 0.717) is 28.1 Å². The highest BCUT2D eigenvalue weighted by atomic mass is 35.5. The van der Waals surface area contributed by atoms with Crippen LogP contribution in [0.15, 0.2) is 65.8 Å². The Morgan fingerprint density at radius 1 is 0.971 bits per heavy atom. The Balaban J connectivity index is 1.53. The molecule has 0 aliphatic heterocycles. The minimum Gasteiger partial charge on any atom is -0.493 e. The lowest BCUT2D eigenvalue weighted by Gasteiger charge is -2.10. The summed E-state index contributed by atoms with van der Waals surface area (Å²) in [5, 5.41) is 6.34. The van der Waals surface area contributed by atoms with E-state index < -0.39 is 0 Å². The first-order chi connectivity index (χ1) is 16.9. The molecule has 180 valence electrons. The lowest BCUT2D eigenvalue weighted by molar-refractivity contribution is -0.120. The number of rotatable bonds is 8. The lowest BCUT2D eigenvalue weighted by atomic mass is 10.1. The molecular formula is C27H25Cl2N3O3. The molecule has 0 aliphatic carbocycles. The van der Waals surface area contributed by atoms with Crippen LogP contribution in [0.3, 0.4) is 0 Å². The summed E-state index contributed by atoms with van der Waals surface area (Å²) in [4.78, 5) is 12.5. The van der Waals surface area contributed by atoms with Gasteiger partial charge in [-0.05, 0) is 48.4 Å². The van der Waals surface area contributed by atoms with Crippen LogP contribution in [0.4, 0.5) is 0 Å². The van der Waals surface area contributed by atoms with Gasteiger partial charge in [0.25, 0.3) is 0 Å². The number of nitrogens with zero attached hydrogens (tertiary/aromatic N) is 2. The normalized spacial score (nSPS) is 11.2. The fraction of sp³-hybridized carbons (Fsp3) is 0.185. The number of benzene rings is 3. The smallest absolute Gasteiger partial charge is 0.244 e. The summed E-state index contributed by atoms with van der Waals surface area (Å²) in [7, 11) is 3.13. The van der Waals surface area contributed by atoms with E-state index in [1.54, 1.807) is 38.6 Å². The van der Waals surface area contributed by atoms with Crippen LogP contribution < -0.4 is 14.9 Å². The van der Waals surface area contributed by atoms with Crippen molar-refractivity contribution >= 4 is 46.2 Å². The highest BCUT2D eigenvalue weighted by molar-refractivity contribution is 6.42. The molecule has 35 heavy (non-hydrogen) atoms. The number of fused-ring (bicyclic) bond motifs is 1. The van der Waals surface area contributed by atoms with Gasteiger partial charge in [-0.25, -0.2) is 5.43 Å². The Morgan fingerprint density at radius 3 is 2.46 bits per heavy atom. The van der Waals surface area contributed by atoms with E-state index >= 15 is 0 Å². The minimum atomic E-state index is -0.231. The number of methoxy groups -OCH3 is 2. The fourth-order valence-electron chi connectivity index (χ4n) is 4.03. The van der Waals surface area contributed by atoms with Gasteiger partial charge in [0.05, 0.1) is 36.9 Å². The van der Waals surface area contributed by atoms with Crippen LogP contribution in [-0.2, 0) is 17.8 Å². The second-order valence-electron chi connectivity index (χ2n) is 8.01. The van der Waals surface area contributed by atoms with Crippen molar-refractivity contribution in [2.75, 3.05) is 14.2 Å². The van der Waals surface area contributed by atoms with Gasteiger partial charge in [0.2, 0.25) is 5.91 Å². The zero-order chi connectivity index (χ0) is 24.9. The van der Waals surface area contributed by atoms with Gasteiger partial charge in [-0.15, -0.1) is 0 Å². The van der Waals surface area contributed by atoms with Crippen LogP contribution in [0.5, 0.6) is 11.5 Å². The SMILES string of the molecule is COc1ccc(CC(=O)N/N=C\c2c(C)n(Cc3ccc(Cl)c(Cl)c3)c3ccccc23)cc1OC. The summed E-state index contributed by atoms with van der Waals surface area (Å²) in [6.45, 7) is 2.66. The molecule has 6 nitrogen and oxygen atoms in total. The third-order valence-corrected chi connectivity index (χ3v) is 6.54. The zero-order valence-electron chi connectivity index (χ0n) is 19.6. The standard InChI is InChI=1S/C27H25Cl2N3O3/c1-17-21(15-30-31-27(33)14-18-9-11-25(34-2)26(13-18)35-3)20-6-4-5-7-24(20)32(17)16-19-8-10-22(28)23(29)12-19/h4-13,15H,14,16H2,1-3H3,(H,31,33)/b30-15-. The van der Waals surface area contributed by atoms with Gasteiger partial charge in [0, 0.05) is 28.7 Å². The first kappa shape index (κ1) is 24.6. The van der Waals surface area contributed by atoms with E-state index in [0.717, 1.165) is 33.3 Å². The van der Waals surface area contributed by atoms with Gasteiger partial charge in [-0.1, -0.05) is 53.5 Å². The second-order valence-corrected chi connectivity index (χ2v) is 8.82. The number of hydrogen-bond donors (Lipinski definition) is 1. The molecule has 0 saturated heterocycles. The van der Waals surface area contributed by atoms with Gasteiger partial charge >= 0.3 is 0 Å². The predicted octanol–water partition coefficient (Wildman–Crippen LogP) is 6.01. The van der Waals surface area contributed by atoms with Crippen LogP contribution in [0.1, 0.15) is 22.4 Å². The fourth-order valence-corrected chi connectivity index (χ4v) is 4.35. The molecule has 0 unspecified atom stereocenters. The van der Waals surface area contributed by atoms with Crippen molar-refractivity contribution in [2.45, 2.75) is 19.9 Å². The van der Waals surface area contributed by atoms with Crippen molar-refractivity contribution in [2.24, 2.45) is 5.10 Å². The molecule has 4 rings (SSSR count). The first-order valence-electron chi connectivity index (χ1n) is 11.0. The summed E-state index contributed by atoms with van der Waals surface area (Å²) in [6, 6.07) is 19.1. The van der Waals surface area contributed by atoms with Crippen LogP contribution >= 0.6 is 23.2 Å². The molecule has 1 N–H and O–H groups in total. The number of para-hydroxylation sites is 1. The van der Waals surface area contributed by atoms with Crippen molar-refractivity contribution in [3.63, 3.8) is 0 Å². The van der Waals surface area contributed by atoms with E-state index in [2.05, 4.69) is 21.2 Å². The van der Waals surface area contributed by atoms with Gasteiger partial charge in [0.15, 0.2) is 11.5 Å². The largest absolute Gasteiger partial charge is 0.493 e. The maximum atomic E-state index is 12.5. The number of carbonyl (C=O) groups is 1. The monoisotopic (exact) mass is 509 g/mol. The lowest BCUT2D eigenvalue weighted by Crippen LogP contribution is -2.19. The number of halogens is 2. The summed E-state index contributed by atoms with van der Waals surface area (Å²) in [5.74, 6) is 0.958. The van der Waals surface area contributed by atoms with Gasteiger partial charge in [-0.3, -0.25) is 4.79 Å². The van der Waals surface area contributed by atoms with Gasteiger partial charge < -0.3 is 14.0 Å². The number of ether oxygens (including phenoxy) is 2. The quantitative estimate of drug-likeness (QED) is 0.233. The van der Waals surface area contributed by atoms with Crippen molar-refractivity contribution in [1.29, 1.82) is 0 Å². The van der Waals surface area contributed by atoms with Crippen molar-refractivity contribution in [3.05, 3.63) is 93.1 Å². The molecule has 0 fully saturated rings. The Labute approximate surface area is 214 Å². The highest BCUT2D eigenvalue weighted by Gasteiger charge is 2.14. The van der Waals surface area contributed by atoms with Crippen molar-refractivity contribution in [1.82, 2.24) is 9.99 Å². The molecule has 1 amide bonds. The summed E-state index contributed by atoms with van der Waals surface area (Å²) in [6.07, 6.45) is 1.85. The van der Waals surface area contributed by atoms with E-state index in [1.807, 2.05) is 43.3 Å². The summed E-state index contributed by atoms with van der Waals surface area (Å²) in [5.41, 5.74) is 7.48. The van der Waals surface area contributed by atoms with Crippen LogP contribution in [0, 0.1) is 6.92 Å². The second kappa shape index (κ2) is 10.8. The molecule has 3 aromatic carbocycles.